The van der Waals surface area contributed by atoms with Crippen LogP contribution in [0.1, 0.15) is 18.0 Å². The van der Waals surface area contributed by atoms with Gasteiger partial charge in [-0.25, -0.2) is 9.97 Å². The van der Waals surface area contributed by atoms with Crippen LogP contribution in [0, 0.1) is 0 Å². The smallest absolute Gasteiger partial charge is 0.231 e. The number of primary amides is 1. The van der Waals surface area contributed by atoms with Crippen LogP contribution in [0.5, 0.6) is 0 Å². The summed E-state index contributed by atoms with van der Waals surface area (Å²) in [4.78, 5) is 23.6. The number of hydrogen-bond acceptors (Lipinski definition) is 5. The molecule has 18 heavy (non-hydrogen) atoms. The molecule has 1 fully saturated rings. The molecule has 0 spiro atoms. The predicted molar refractivity (Wildman–Crippen MR) is 69.4 cm³/mol. The highest BCUT2D eigenvalue weighted by Crippen LogP contribution is 2.25. The minimum absolute atomic E-state index is 0.271. The number of anilines is 1. The fourth-order valence-corrected chi connectivity index (χ4v) is 2.24. The highest BCUT2D eigenvalue weighted by molar-refractivity contribution is 5.75. The molecule has 0 radical (unpaired) electrons. The maximum atomic E-state index is 10.9. The molecule has 2 rings (SSSR count). The summed E-state index contributed by atoms with van der Waals surface area (Å²) in [5.74, 6) is 0.819. The molecule has 2 N–H and O–H groups in total. The van der Waals surface area contributed by atoms with E-state index in [-0.39, 0.29) is 5.91 Å². The van der Waals surface area contributed by atoms with Gasteiger partial charge in [0.15, 0.2) is 0 Å². The second-order valence-corrected chi connectivity index (χ2v) is 4.86. The zero-order valence-electron chi connectivity index (χ0n) is 10.8. The monoisotopic (exact) mass is 249 g/mol. The van der Waals surface area contributed by atoms with Gasteiger partial charge in [0.25, 0.3) is 0 Å². The van der Waals surface area contributed by atoms with Gasteiger partial charge in [-0.05, 0) is 19.0 Å². The average molecular weight is 249 g/mol. The Morgan fingerprint density at radius 1 is 1.61 bits per heavy atom. The molecule has 1 aromatic rings. The van der Waals surface area contributed by atoms with Crippen molar-refractivity contribution in [2.45, 2.75) is 12.3 Å². The molecule has 0 aromatic carbocycles. The van der Waals surface area contributed by atoms with Gasteiger partial charge in [0, 0.05) is 32.8 Å². The van der Waals surface area contributed by atoms with Gasteiger partial charge in [0.2, 0.25) is 11.9 Å². The molecule has 2 heterocycles. The third kappa shape index (κ3) is 2.95. The number of likely N-dealkylation sites (tertiary alicyclic amines) is 1. The molecular weight excluding hydrogens is 230 g/mol. The molecule has 0 saturated carbocycles. The van der Waals surface area contributed by atoms with E-state index in [4.69, 9.17) is 5.73 Å². The number of hydrogen-bond donors (Lipinski definition) is 1. The van der Waals surface area contributed by atoms with Crippen LogP contribution in [0.4, 0.5) is 5.95 Å². The van der Waals surface area contributed by atoms with Crippen LogP contribution in [-0.4, -0.2) is 54.5 Å². The van der Waals surface area contributed by atoms with Gasteiger partial charge in [-0.3, -0.25) is 9.69 Å². The van der Waals surface area contributed by atoms with Crippen molar-refractivity contribution in [2.75, 3.05) is 38.6 Å². The van der Waals surface area contributed by atoms with E-state index in [1.165, 1.54) is 0 Å². The van der Waals surface area contributed by atoms with Crippen molar-refractivity contribution in [1.29, 1.82) is 0 Å². The lowest BCUT2D eigenvalue weighted by molar-refractivity contribution is -0.118. The minimum Gasteiger partial charge on any atom is -0.369 e. The first-order valence-electron chi connectivity index (χ1n) is 6.07. The molecule has 0 unspecified atom stereocenters. The van der Waals surface area contributed by atoms with E-state index in [1.54, 1.807) is 6.20 Å². The molecule has 6 heteroatoms. The van der Waals surface area contributed by atoms with Gasteiger partial charge >= 0.3 is 0 Å². The summed E-state index contributed by atoms with van der Waals surface area (Å²) in [6.07, 6.45) is 2.80. The standard InChI is InChI=1S/C12H19N5O/c1-16(2)12-14-5-3-10(15-12)9-4-6-17(7-9)8-11(13)18/h3,5,9H,4,6-8H2,1-2H3,(H2,13,18)/t9-/m1/s1. The zero-order chi connectivity index (χ0) is 13.1. The van der Waals surface area contributed by atoms with Crippen molar-refractivity contribution >= 4 is 11.9 Å². The van der Waals surface area contributed by atoms with E-state index in [1.807, 2.05) is 25.1 Å². The summed E-state index contributed by atoms with van der Waals surface area (Å²) in [6.45, 7) is 2.07. The Balaban J connectivity index is 2.05. The molecule has 1 atom stereocenters. The van der Waals surface area contributed by atoms with Crippen LogP contribution >= 0.6 is 0 Å². The Morgan fingerprint density at radius 2 is 2.39 bits per heavy atom. The van der Waals surface area contributed by atoms with Gasteiger partial charge in [-0.2, -0.15) is 0 Å². The van der Waals surface area contributed by atoms with E-state index in [0.717, 1.165) is 31.2 Å². The summed E-state index contributed by atoms with van der Waals surface area (Å²) < 4.78 is 0. The largest absolute Gasteiger partial charge is 0.369 e. The second-order valence-electron chi connectivity index (χ2n) is 4.86. The molecule has 1 aliphatic heterocycles. The van der Waals surface area contributed by atoms with Crippen LogP contribution < -0.4 is 10.6 Å². The van der Waals surface area contributed by atoms with E-state index in [9.17, 15) is 4.79 Å². The number of rotatable bonds is 4. The maximum absolute atomic E-state index is 10.9. The van der Waals surface area contributed by atoms with Crippen LogP contribution in [0.3, 0.4) is 0 Å². The maximum Gasteiger partial charge on any atom is 0.231 e. The molecule has 0 bridgehead atoms. The van der Waals surface area contributed by atoms with Gasteiger partial charge < -0.3 is 10.6 Å². The fraction of sp³-hybridized carbons (Fsp3) is 0.583. The molecular formula is C12H19N5O. The van der Waals surface area contributed by atoms with Gasteiger partial charge in [-0.1, -0.05) is 0 Å². The first kappa shape index (κ1) is 12.8. The van der Waals surface area contributed by atoms with E-state index in [2.05, 4.69) is 14.9 Å². The van der Waals surface area contributed by atoms with Crippen molar-refractivity contribution in [3.63, 3.8) is 0 Å². The lowest BCUT2D eigenvalue weighted by Gasteiger charge is -2.15. The van der Waals surface area contributed by atoms with E-state index in [0.29, 0.717) is 12.5 Å². The minimum atomic E-state index is -0.271. The number of amides is 1. The second kappa shape index (κ2) is 5.30. The van der Waals surface area contributed by atoms with Gasteiger partial charge in [0.05, 0.1) is 12.2 Å². The Labute approximate surface area is 107 Å². The normalized spacial score (nSPS) is 20.0. The highest BCUT2D eigenvalue weighted by atomic mass is 16.1. The van der Waals surface area contributed by atoms with Crippen LogP contribution in [0.15, 0.2) is 12.3 Å². The summed E-state index contributed by atoms with van der Waals surface area (Å²) in [5, 5.41) is 0. The molecule has 1 aromatic heterocycles. The lowest BCUT2D eigenvalue weighted by Crippen LogP contribution is -2.31. The first-order chi connectivity index (χ1) is 8.56. The third-order valence-electron chi connectivity index (χ3n) is 3.13. The average Bonchev–Trinajstić information content (AvgIpc) is 2.77. The Morgan fingerprint density at radius 3 is 3.06 bits per heavy atom. The predicted octanol–water partition coefficient (Wildman–Crippen LogP) is -0.183. The van der Waals surface area contributed by atoms with Crippen molar-refractivity contribution in [3.8, 4) is 0 Å². The van der Waals surface area contributed by atoms with E-state index < -0.39 is 0 Å². The lowest BCUT2D eigenvalue weighted by atomic mass is 10.1. The number of carbonyl (C=O) groups is 1. The van der Waals surface area contributed by atoms with Crippen molar-refractivity contribution < 1.29 is 4.79 Å². The summed E-state index contributed by atoms with van der Waals surface area (Å²) >= 11 is 0. The van der Waals surface area contributed by atoms with Gasteiger partial charge in [0.1, 0.15) is 0 Å². The number of nitrogens with zero attached hydrogens (tertiary/aromatic N) is 4. The summed E-state index contributed by atoms with van der Waals surface area (Å²) in [7, 11) is 3.85. The molecule has 6 nitrogen and oxygen atoms in total. The highest BCUT2D eigenvalue weighted by Gasteiger charge is 2.25. The first-order valence-corrected chi connectivity index (χ1v) is 6.07. The van der Waals surface area contributed by atoms with Crippen LogP contribution in [0.2, 0.25) is 0 Å². The quantitative estimate of drug-likeness (QED) is 0.801. The molecule has 1 amide bonds. The Bertz CT molecular complexity index is 434. The van der Waals surface area contributed by atoms with Crippen molar-refractivity contribution in [3.05, 3.63) is 18.0 Å². The van der Waals surface area contributed by atoms with Crippen molar-refractivity contribution in [1.82, 2.24) is 14.9 Å². The van der Waals surface area contributed by atoms with Crippen LogP contribution in [-0.2, 0) is 4.79 Å². The SMILES string of the molecule is CN(C)c1nccc([C@@H]2CCN(CC(N)=O)C2)n1. The topological polar surface area (TPSA) is 75.3 Å². The van der Waals surface area contributed by atoms with Gasteiger partial charge in [-0.15, -0.1) is 0 Å². The number of aromatic nitrogens is 2. The summed E-state index contributed by atoms with van der Waals surface area (Å²) in [5.41, 5.74) is 6.25. The van der Waals surface area contributed by atoms with Crippen molar-refractivity contribution in [2.24, 2.45) is 5.73 Å². The Kier molecular flexibility index (Phi) is 3.76. The Hall–Kier alpha value is -1.69. The summed E-state index contributed by atoms with van der Waals surface area (Å²) in [6, 6.07) is 1.95. The number of nitrogens with two attached hydrogens (primary N) is 1. The molecule has 98 valence electrons. The molecule has 1 saturated heterocycles. The number of carbonyl (C=O) groups excluding carboxylic acids is 1. The van der Waals surface area contributed by atoms with E-state index >= 15 is 0 Å². The fourth-order valence-electron chi connectivity index (χ4n) is 2.24. The van der Waals surface area contributed by atoms with Crippen LogP contribution in [0.25, 0.3) is 0 Å². The molecule has 0 aliphatic carbocycles. The third-order valence-corrected chi connectivity index (χ3v) is 3.13. The zero-order valence-corrected chi connectivity index (χ0v) is 10.8. The molecule has 1 aliphatic rings.